The van der Waals surface area contributed by atoms with Crippen LogP contribution in [0.25, 0.3) is 11.5 Å². The van der Waals surface area contributed by atoms with E-state index in [1.54, 1.807) is 6.20 Å². The molecule has 2 aliphatic rings. The molecule has 0 radical (unpaired) electrons. The third kappa shape index (κ3) is 3.96. The Morgan fingerprint density at radius 3 is 3.08 bits per heavy atom. The largest absolute Gasteiger partial charge is 0.378 e. The quantitative estimate of drug-likeness (QED) is 0.872. The molecule has 25 heavy (non-hydrogen) atoms. The summed E-state index contributed by atoms with van der Waals surface area (Å²) in [6.45, 7) is 3.55. The maximum atomic E-state index is 5.83. The Kier molecular flexibility index (Phi) is 5.18. The van der Waals surface area contributed by atoms with E-state index in [-0.39, 0.29) is 0 Å². The van der Waals surface area contributed by atoms with Gasteiger partial charge in [0.25, 0.3) is 0 Å². The predicted molar refractivity (Wildman–Crippen MR) is 97.4 cm³/mol. The molecule has 1 atom stereocenters. The van der Waals surface area contributed by atoms with Crippen molar-refractivity contribution in [1.29, 1.82) is 0 Å². The Balaban J connectivity index is 1.52. The smallest absolute Gasteiger partial charge is 0.180 e. The number of hydrogen-bond acceptors (Lipinski definition) is 6. The number of fused-ring (bicyclic) bond motifs is 1. The number of rotatable bonds is 5. The molecule has 132 valence electrons. The third-order valence-corrected chi connectivity index (χ3v) is 4.86. The van der Waals surface area contributed by atoms with Crippen LogP contribution < -0.4 is 10.6 Å². The van der Waals surface area contributed by atoms with Crippen LogP contribution in [-0.2, 0) is 17.7 Å². The van der Waals surface area contributed by atoms with Crippen molar-refractivity contribution in [2.24, 2.45) is 0 Å². The van der Waals surface area contributed by atoms with Crippen LogP contribution in [0.2, 0.25) is 0 Å². The highest BCUT2D eigenvalue weighted by atomic mass is 16.5. The number of anilines is 1. The molecular formula is C19H25N5O. The number of aromatic nitrogens is 3. The van der Waals surface area contributed by atoms with Gasteiger partial charge in [-0.05, 0) is 50.8 Å². The molecule has 0 aliphatic carbocycles. The summed E-state index contributed by atoms with van der Waals surface area (Å²) in [4.78, 5) is 13.9. The molecule has 2 N–H and O–H groups in total. The number of nitrogens with one attached hydrogen (secondary N) is 2. The summed E-state index contributed by atoms with van der Waals surface area (Å²) in [5.41, 5.74) is 3.14. The average Bonchev–Trinajstić information content (AvgIpc) is 2.69. The van der Waals surface area contributed by atoms with Gasteiger partial charge in [-0.2, -0.15) is 0 Å². The first kappa shape index (κ1) is 16.4. The fourth-order valence-corrected chi connectivity index (χ4v) is 3.50. The van der Waals surface area contributed by atoms with Crippen LogP contribution in [0.15, 0.2) is 24.4 Å². The van der Waals surface area contributed by atoms with Gasteiger partial charge in [-0.3, -0.25) is 4.98 Å². The fourth-order valence-electron chi connectivity index (χ4n) is 3.50. The SMILES string of the molecule is c1ccc(-c2nc3c(c(NCC[C@@H]4CCCCO4)n2)CCNC3)nc1. The summed E-state index contributed by atoms with van der Waals surface area (Å²) in [6, 6.07) is 5.83. The molecule has 0 unspecified atom stereocenters. The predicted octanol–water partition coefficient (Wildman–Crippen LogP) is 2.56. The number of hydrogen-bond donors (Lipinski definition) is 2. The standard InChI is InChI=1S/C19H25N5O/c1-3-9-21-16(6-1)19-23-17-13-20-10-8-15(17)18(24-19)22-11-7-14-5-2-4-12-25-14/h1,3,6,9,14,20H,2,4-5,7-8,10-13H2,(H,22,23,24)/t14-/m0/s1. The van der Waals surface area contributed by atoms with Crippen LogP contribution in [0.4, 0.5) is 5.82 Å². The monoisotopic (exact) mass is 339 g/mol. The molecule has 2 aromatic rings. The fraction of sp³-hybridized carbons (Fsp3) is 0.526. The zero-order valence-corrected chi connectivity index (χ0v) is 14.5. The van der Waals surface area contributed by atoms with E-state index in [4.69, 9.17) is 14.7 Å². The summed E-state index contributed by atoms with van der Waals surface area (Å²) in [5.74, 6) is 1.66. The van der Waals surface area contributed by atoms with Gasteiger partial charge in [0.1, 0.15) is 11.5 Å². The minimum atomic E-state index is 0.385. The lowest BCUT2D eigenvalue weighted by Crippen LogP contribution is -2.27. The van der Waals surface area contributed by atoms with E-state index in [0.717, 1.165) is 56.3 Å². The molecule has 1 fully saturated rings. The maximum absolute atomic E-state index is 5.83. The van der Waals surface area contributed by atoms with Crippen molar-refractivity contribution in [1.82, 2.24) is 20.3 Å². The van der Waals surface area contributed by atoms with Crippen molar-refractivity contribution in [3.63, 3.8) is 0 Å². The third-order valence-electron chi connectivity index (χ3n) is 4.86. The van der Waals surface area contributed by atoms with Gasteiger partial charge in [-0.15, -0.1) is 0 Å². The summed E-state index contributed by atoms with van der Waals surface area (Å²) >= 11 is 0. The molecule has 4 heterocycles. The Bertz CT molecular complexity index is 700. The van der Waals surface area contributed by atoms with Gasteiger partial charge in [0.05, 0.1) is 11.8 Å². The topological polar surface area (TPSA) is 72.0 Å². The second-order valence-electron chi connectivity index (χ2n) is 6.67. The van der Waals surface area contributed by atoms with E-state index < -0.39 is 0 Å². The van der Waals surface area contributed by atoms with Gasteiger partial charge in [0.2, 0.25) is 0 Å². The van der Waals surface area contributed by atoms with Crippen LogP contribution in [0.3, 0.4) is 0 Å². The van der Waals surface area contributed by atoms with Crippen LogP contribution in [0.1, 0.15) is 36.9 Å². The molecule has 1 saturated heterocycles. The van der Waals surface area contributed by atoms with E-state index in [1.807, 2.05) is 18.2 Å². The molecule has 0 spiro atoms. The van der Waals surface area contributed by atoms with Gasteiger partial charge in [0.15, 0.2) is 5.82 Å². The van der Waals surface area contributed by atoms with Gasteiger partial charge in [-0.1, -0.05) is 6.07 Å². The number of nitrogens with zero attached hydrogens (tertiary/aromatic N) is 3. The van der Waals surface area contributed by atoms with Gasteiger partial charge in [-0.25, -0.2) is 9.97 Å². The zero-order chi connectivity index (χ0) is 16.9. The molecule has 0 saturated carbocycles. The van der Waals surface area contributed by atoms with Gasteiger partial charge in [0, 0.05) is 31.5 Å². The summed E-state index contributed by atoms with van der Waals surface area (Å²) in [7, 11) is 0. The Hall–Kier alpha value is -2.05. The van der Waals surface area contributed by atoms with Crippen molar-refractivity contribution < 1.29 is 4.74 Å². The Labute approximate surface area is 148 Å². The van der Waals surface area contributed by atoms with Gasteiger partial charge >= 0.3 is 0 Å². The van der Waals surface area contributed by atoms with E-state index in [1.165, 1.54) is 24.8 Å². The molecule has 0 bridgehead atoms. The number of ether oxygens (including phenoxy) is 1. The molecule has 4 rings (SSSR count). The first-order chi connectivity index (χ1) is 12.4. The minimum absolute atomic E-state index is 0.385. The van der Waals surface area contributed by atoms with Crippen LogP contribution in [-0.4, -0.2) is 40.8 Å². The van der Waals surface area contributed by atoms with Crippen molar-refractivity contribution in [3.05, 3.63) is 35.7 Å². The summed E-state index contributed by atoms with van der Waals surface area (Å²) in [5, 5.41) is 6.94. The highest BCUT2D eigenvalue weighted by molar-refractivity contribution is 5.57. The summed E-state index contributed by atoms with van der Waals surface area (Å²) in [6.07, 6.45) is 7.80. The molecule has 0 aromatic carbocycles. The van der Waals surface area contributed by atoms with Crippen molar-refractivity contribution in [3.8, 4) is 11.5 Å². The number of pyridine rings is 1. The highest BCUT2D eigenvalue weighted by Crippen LogP contribution is 2.24. The van der Waals surface area contributed by atoms with Crippen molar-refractivity contribution >= 4 is 5.82 Å². The van der Waals surface area contributed by atoms with Crippen LogP contribution in [0.5, 0.6) is 0 Å². The molecule has 2 aromatic heterocycles. The molecule has 2 aliphatic heterocycles. The first-order valence-corrected chi connectivity index (χ1v) is 9.27. The maximum Gasteiger partial charge on any atom is 0.180 e. The minimum Gasteiger partial charge on any atom is -0.378 e. The zero-order valence-electron chi connectivity index (χ0n) is 14.5. The molecule has 0 amide bonds. The van der Waals surface area contributed by atoms with Gasteiger partial charge < -0.3 is 15.4 Å². The lowest BCUT2D eigenvalue weighted by molar-refractivity contribution is 0.0134. The van der Waals surface area contributed by atoms with Crippen molar-refractivity contribution in [2.75, 3.05) is 25.0 Å². The van der Waals surface area contributed by atoms with Crippen molar-refractivity contribution in [2.45, 2.75) is 44.8 Å². The van der Waals surface area contributed by atoms with Crippen LogP contribution >= 0.6 is 0 Å². The lowest BCUT2D eigenvalue weighted by atomic mass is 10.1. The lowest BCUT2D eigenvalue weighted by Gasteiger charge is -2.24. The second kappa shape index (κ2) is 7.89. The average molecular weight is 339 g/mol. The highest BCUT2D eigenvalue weighted by Gasteiger charge is 2.19. The Morgan fingerprint density at radius 1 is 1.24 bits per heavy atom. The van der Waals surface area contributed by atoms with E-state index >= 15 is 0 Å². The molecular weight excluding hydrogens is 314 g/mol. The second-order valence-corrected chi connectivity index (χ2v) is 6.67. The Morgan fingerprint density at radius 2 is 2.24 bits per heavy atom. The van der Waals surface area contributed by atoms with E-state index in [9.17, 15) is 0 Å². The van der Waals surface area contributed by atoms with Crippen LogP contribution in [0, 0.1) is 0 Å². The van der Waals surface area contributed by atoms with E-state index in [0.29, 0.717) is 11.9 Å². The molecule has 6 heteroatoms. The first-order valence-electron chi connectivity index (χ1n) is 9.27. The molecule has 6 nitrogen and oxygen atoms in total. The normalized spacial score (nSPS) is 20.1. The summed E-state index contributed by atoms with van der Waals surface area (Å²) < 4.78 is 5.83. The van der Waals surface area contributed by atoms with E-state index in [2.05, 4.69) is 15.6 Å².